The molecule has 0 spiro atoms. The first-order chi connectivity index (χ1) is 10.2. The monoisotopic (exact) mass is 343 g/mol. The SMILES string of the molecule is Clc1ccc(Cl)c(CNCc2cccc3c2OCO3)c1Cl. The maximum atomic E-state index is 6.17. The van der Waals surface area contributed by atoms with E-state index in [1.807, 2.05) is 18.2 Å². The minimum Gasteiger partial charge on any atom is -0.454 e. The molecule has 6 heteroatoms. The Morgan fingerprint density at radius 1 is 0.952 bits per heavy atom. The molecule has 0 atom stereocenters. The van der Waals surface area contributed by atoms with Crippen molar-refractivity contribution < 1.29 is 9.47 Å². The number of ether oxygens (including phenoxy) is 2. The van der Waals surface area contributed by atoms with Crippen LogP contribution in [0.15, 0.2) is 30.3 Å². The lowest BCUT2D eigenvalue weighted by Gasteiger charge is -2.11. The maximum Gasteiger partial charge on any atom is 0.231 e. The van der Waals surface area contributed by atoms with Gasteiger partial charge in [0.1, 0.15) is 0 Å². The summed E-state index contributed by atoms with van der Waals surface area (Å²) in [7, 11) is 0. The minimum absolute atomic E-state index is 0.262. The molecule has 1 aliphatic heterocycles. The molecule has 21 heavy (non-hydrogen) atoms. The van der Waals surface area contributed by atoms with Gasteiger partial charge in [-0.3, -0.25) is 0 Å². The Balaban J connectivity index is 1.70. The number of hydrogen-bond donors (Lipinski definition) is 1. The summed E-state index contributed by atoms with van der Waals surface area (Å²) in [6.45, 7) is 1.40. The summed E-state index contributed by atoms with van der Waals surface area (Å²) in [6, 6.07) is 9.23. The van der Waals surface area contributed by atoms with Gasteiger partial charge in [0, 0.05) is 29.2 Å². The van der Waals surface area contributed by atoms with Gasteiger partial charge in [0.25, 0.3) is 0 Å². The first-order valence-corrected chi connectivity index (χ1v) is 7.51. The molecule has 0 aliphatic carbocycles. The predicted molar refractivity (Wildman–Crippen MR) is 84.6 cm³/mol. The fraction of sp³-hybridized carbons (Fsp3) is 0.200. The summed E-state index contributed by atoms with van der Waals surface area (Å²) in [6.07, 6.45) is 0. The molecule has 1 N–H and O–H groups in total. The maximum absolute atomic E-state index is 6.17. The van der Waals surface area contributed by atoms with Crippen molar-refractivity contribution in [3.8, 4) is 11.5 Å². The average Bonchev–Trinajstić information content (AvgIpc) is 2.96. The number of fused-ring (bicyclic) bond motifs is 1. The third-order valence-corrected chi connectivity index (χ3v) is 4.43. The Labute approximate surface area is 137 Å². The van der Waals surface area contributed by atoms with Crippen molar-refractivity contribution in [2.45, 2.75) is 13.1 Å². The van der Waals surface area contributed by atoms with Crippen LogP contribution in [0.5, 0.6) is 11.5 Å². The van der Waals surface area contributed by atoms with E-state index in [-0.39, 0.29) is 6.79 Å². The summed E-state index contributed by atoms with van der Waals surface area (Å²) in [5.74, 6) is 1.56. The minimum atomic E-state index is 0.262. The number of rotatable bonds is 4. The van der Waals surface area contributed by atoms with Crippen LogP contribution in [-0.4, -0.2) is 6.79 Å². The van der Waals surface area contributed by atoms with Crippen molar-refractivity contribution in [2.24, 2.45) is 0 Å². The van der Waals surface area contributed by atoms with E-state index in [9.17, 15) is 0 Å². The zero-order valence-corrected chi connectivity index (χ0v) is 13.2. The van der Waals surface area contributed by atoms with Crippen LogP contribution < -0.4 is 14.8 Å². The van der Waals surface area contributed by atoms with Crippen molar-refractivity contribution in [2.75, 3.05) is 6.79 Å². The van der Waals surface area contributed by atoms with Crippen molar-refractivity contribution in [1.82, 2.24) is 5.32 Å². The second-order valence-corrected chi connectivity index (χ2v) is 5.77. The number of para-hydroxylation sites is 1. The fourth-order valence-electron chi connectivity index (χ4n) is 2.18. The molecule has 2 aromatic rings. The highest BCUT2D eigenvalue weighted by Crippen LogP contribution is 2.35. The molecular weight excluding hydrogens is 333 g/mol. The molecule has 1 aliphatic rings. The highest BCUT2D eigenvalue weighted by Gasteiger charge is 2.17. The molecule has 1 heterocycles. The van der Waals surface area contributed by atoms with Crippen LogP contribution in [-0.2, 0) is 13.1 Å². The van der Waals surface area contributed by atoms with Gasteiger partial charge in [-0.15, -0.1) is 0 Å². The van der Waals surface area contributed by atoms with Crippen LogP contribution in [0.4, 0.5) is 0 Å². The molecule has 0 saturated carbocycles. The molecule has 2 aromatic carbocycles. The second-order valence-electron chi connectivity index (χ2n) is 4.58. The van der Waals surface area contributed by atoms with E-state index in [0.717, 1.165) is 22.6 Å². The average molecular weight is 345 g/mol. The smallest absolute Gasteiger partial charge is 0.231 e. The van der Waals surface area contributed by atoms with Crippen molar-refractivity contribution >= 4 is 34.8 Å². The summed E-state index contributed by atoms with van der Waals surface area (Å²) < 4.78 is 10.8. The lowest BCUT2D eigenvalue weighted by Crippen LogP contribution is -2.14. The normalized spacial score (nSPS) is 12.7. The molecule has 3 rings (SSSR count). The van der Waals surface area contributed by atoms with E-state index in [1.165, 1.54) is 0 Å². The zero-order chi connectivity index (χ0) is 14.8. The van der Waals surface area contributed by atoms with Crippen LogP contribution >= 0.6 is 34.8 Å². The lowest BCUT2D eigenvalue weighted by molar-refractivity contribution is 0.173. The van der Waals surface area contributed by atoms with Crippen LogP contribution in [0.3, 0.4) is 0 Å². The summed E-state index contributed by atoms with van der Waals surface area (Å²) in [5, 5.41) is 4.86. The van der Waals surface area contributed by atoms with Crippen LogP contribution in [0.1, 0.15) is 11.1 Å². The van der Waals surface area contributed by atoms with Gasteiger partial charge in [0.2, 0.25) is 6.79 Å². The Kier molecular flexibility index (Phi) is 4.45. The topological polar surface area (TPSA) is 30.5 Å². The second kappa shape index (κ2) is 6.32. The highest BCUT2D eigenvalue weighted by molar-refractivity contribution is 6.44. The Bertz CT molecular complexity index is 676. The molecule has 0 aromatic heterocycles. The summed E-state index contributed by atoms with van der Waals surface area (Å²) in [4.78, 5) is 0. The van der Waals surface area contributed by atoms with Gasteiger partial charge in [-0.05, 0) is 18.2 Å². The van der Waals surface area contributed by atoms with Gasteiger partial charge in [-0.25, -0.2) is 0 Å². The predicted octanol–water partition coefficient (Wildman–Crippen LogP) is 4.67. The van der Waals surface area contributed by atoms with Gasteiger partial charge in [0.15, 0.2) is 11.5 Å². The van der Waals surface area contributed by atoms with E-state index in [4.69, 9.17) is 44.3 Å². The standard InChI is InChI=1S/C15H12Cl3NO2/c16-11-4-5-12(17)14(18)10(11)7-19-6-9-2-1-3-13-15(9)21-8-20-13/h1-5,19H,6-8H2. The third-order valence-electron chi connectivity index (χ3n) is 3.23. The van der Waals surface area contributed by atoms with Gasteiger partial charge in [0.05, 0.1) is 10.0 Å². The fourth-order valence-corrected chi connectivity index (χ4v) is 2.86. The van der Waals surface area contributed by atoms with Crippen molar-refractivity contribution in [1.29, 1.82) is 0 Å². The number of hydrogen-bond acceptors (Lipinski definition) is 3. The van der Waals surface area contributed by atoms with Crippen molar-refractivity contribution in [3.05, 3.63) is 56.5 Å². The quantitative estimate of drug-likeness (QED) is 0.818. The first-order valence-electron chi connectivity index (χ1n) is 6.37. The molecular formula is C15H12Cl3NO2. The van der Waals surface area contributed by atoms with Gasteiger partial charge >= 0.3 is 0 Å². The number of benzene rings is 2. The van der Waals surface area contributed by atoms with E-state index in [0.29, 0.717) is 28.2 Å². The molecule has 0 saturated heterocycles. The van der Waals surface area contributed by atoms with Gasteiger partial charge in [-0.2, -0.15) is 0 Å². The Hall–Kier alpha value is -1.13. The van der Waals surface area contributed by atoms with E-state index in [1.54, 1.807) is 12.1 Å². The highest BCUT2D eigenvalue weighted by atomic mass is 35.5. The van der Waals surface area contributed by atoms with E-state index < -0.39 is 0 Å². The molecule has 110 valence electrons. The first kappa shape index (κ1) is 14.8. The van der Waals surface area contributed by atoms with Crippen LogP contribution in [0.25, 0.3) is 0 Å². The number of halogens is 3. The van der Waals surface area contributed by atoms with E-state index in [2.05, 4.69) is 5.32 Å². The Morgan fingerprint density at radius 3 is 2.62 bits per heavy atom. The zero-order valence-electron chi connectivity index (χ0n) is 11.0. The number of nitrogens with one attached hydrogen (secondary N) is 1. The lowest BCUT2D eigenvalue weighted by atomic mass is 10.1. The molecule has 0 radical (unpaired) electrons. The largest absolute Gasteiger partial charge is 0.454 e. The molecule has 0 fully saturated rings. The third kappa shape index (κ3) is 3.06. The van der Waals surface area contributed by atoms with Gasteiger partial charge < -0.3 is 14.8 Å². The summed E-state index contributed by atoms with van der Waals surface area (Å²) in [5.41, 5.74) is 1.81. The van der Waals surface area contributed by atoms with Crippen LogP contribution in [0, 0.1) is 0 Å². The molecule has 0 bridgehead atoms. The molecule has 0 amide bonds. The van der Waals surface area contributed by atoms with Crippen molar-refractivity contribution in [3.63, 3.8) is 0 Å². The molecule has 0 unspecified atom stereocenters. The Morgan fingerprint density at radius 2 is 1.76 bits per heavy atom. The summed E-state index contributed by atoms with van der Waals surface area (Å²) >= 11 is 18.3. The van der Waals surface area contributed by atoms with Gasteiger partial charge in [-0.1, -0.05) is 46.9 Å². The van der Waals surface area contributed by atoms with Crippen LogP contribution in [0.2, 0.25) is 15.1 Å². The molecule has 3 nitrogen and oxygen atoms in total. The van der Waals surface area contributed by atoms with E-state index >= 15 is 0 Å².